The van der Waals surface area contributed by atoms with Crippen LogP contribution in [0.3, 0.4) is 0 Å². The normalized spacial score (nSPS) is 14.6. The van der Waals surface area contributed by atoms with Gasteiger partial charge in [-0.2, -0.15) is 0 Å². The Kier molecular flexibility index (Phi) is 4.07. The van der Waals surface area contributed by atoms with Gasteiger partial charge >= 0.3 is 0 Å². The van der Waals surface area contributed by atoms with Crippen molar-refractivity contribution in [3.63, 3.8) is 0 Å². The van der Waals surface area contributed by atoms with Gasteiger partial charge in [-0.3, -0.25) is 4.98 Å². The van der Waals surface area contributed by atoms with Crippen molar-refractivity contribution in [1.29, 1.82) is 0 Å². The third kappa shape index (κ3) is 2.88. The number of benzene rings is 1. The molecule has 0 bridgehead atoms. The highest BCUT2D eigenvalue weighted by Gasteiger charge is 2.15. The van der Waals surface area contributed by atoms with Crippen LogP contribution in [0.5, 0.6) is 0 Å². The monoisotopic (exact) mass is 287 g/mol. The number of aromatic nitrogens is 1. The molecule has 4 heteroatoms. The van der Waals surface area contributed by atoms with Crippen LogP contribution in [0, 0.1) is 0 Å². The lowest BCUT2D eigenvalue weighted by Gasteiger charge is -2.21. The summed E-state index contributed by atoms with van der Waals surface area (Å²) in [6.07, 6.45) is 6.04. The Morgan fingerprint density at radius 2 is 1.95 bits per heavy atom. The Morgan fingerprint density at radius 1 is 1.15 bits per heavy atom. The molecule has 0 spiro atoms. The van der Waals surface area contributed by atoms with E-state index in [1.165, 1.54) is 24.1 Å². The molecule has 1 aromatic carbocycles. The molecule has 0 atom stereocenters. The highest BCUT2D eigenvalue weighted by molar-refractivity contribution is 6.33. The van der Waals surface area contributed by atoms with Crippen molar-refractivity contribution in [3.05, 3.63) is 53.3 Å². The zero-order valence-corrected chi connectivity index (χ0v) is 12.1. The Morgan fingerprint density at radius 3 is 2.75 bits per heavy atom. The molecule has 0 aliphatic carbocycles. The molecular formula is C16H18ClN3. The maximum atomic E-state index is 6.14. The van der Waals surface area contributed by atoms with Crippen LogP contribution in [-0.2, 0) is 6.54 Å². The molecule has 0 saturated carbocycles. The molecule has 0 unspecified atom stereocenters. The number of para-hydroxylation sites is 1. The largest absolute Gasteiger partial charge is 0.378 e. The molecule has 0 radical (unpaired) electrons. The number of nitrogens with one attached hydrogen (secondary N) is 1. The number of rotatable bonds is 4. The van der Waals surface area contributed by atoms with Crippen LogP contribution in [0.2, 0.25) is 5.02 Å². The van der Waals surface area contributed by atoms with E-state index in [4.69, 9.17) is 11.6 Å². The molecule has 3 rings (SSSR count). The van der Waals surface area contributed by atoms with Crippen LogP contribution < -0.4 is 10.2 Å². The first kappa shape index (κ1) is 13.3. The van der Waals surface area contributed by atoms with Crippen LogP contribution in [0.15, 0.2) is 42.7 Å². The molecule has 1 aliphatic heterocycles. The molecule has 104 valence electrons. The SMILES string of the molecule is Clc1ccncc1NCc1ccccc1N1CCCC1. The predicted molar refractivity (Wildman–Crippen MR) is 84.5 cm³/mol. The van der Waals surface area contributed by atoms with Gasteiger partial charge in [0, 0.05) is 31.5 Å². The zero-order chi connectivity index (χ0) is 13.8. The van der Waals surface area contributed by atoms with Crippen LogP contribution in [0.25, 0.3) is 0 Å². The van der Waals surface area contributed by atoms with E-state index in [2.05, 4.69) is 39.5 Å². The van der Waals surface area contributed by atoms with E-state index < -0.39 is 0 Å². The molecule has 1 N–H and O–H groups in total. The molecule has 1 fully saturated rings. The summed E-state index contributed by atoms with van der Waals surface area (Å²) in [6, 6.07) is 10.4. The van der Waals surface area contributed by atoms with Gasteiger partial charge in [-0.15, -0.1) is 0 Å². The number of hydrogen-bond acceptors (Lipinski definition) is 3. The lowest BCUT2D eigenvalue weighted by molar-refractivity contribution is 0.949. The zero-order valence-electron chi connectivity index (χ0n) is 11.3. The van der Waals surface area contributed by atoms with Crippen molar-refractivity contribution in [2.45, 2.75) is 19.4 Å². The van der Waals surface area contributed by atoms with Gasteiger partial charge in [-0.05, 0) is 30.5 Å². The second-order valence-corrected chi connectivity index (χ2v) is 5.44. The third-order valence-corrected chi connectivity index (χ3v) is 4.01. The van der Waals surface area contributed by atoms with Gasteiger partial charge in [-0.1, -0.05) is 29.8 Å². The second-order valence-electron chi connectivity index (χ2n) is 5.03. The minimum absolute atomic E-state index is 0.707. The lowest BCUT2D eigenvalue weighted by Crippen LogP contribution is -2.19. The molecule has 1 aliphatic rings. The highest BCUT2D eigenvalue weighted by atomic mass is 35.5. The summed E-state index contributed by atoms with van der Waals surface area (Å²) >= 11 is 6.14. The summed E-state index contributed by atoms with van der Waals surface area (Å²) in [5.74, 6) is 0. The Hall–Kier alpha value is -1.74. The first-order valence-corrected chi connectivity index (χ1v) is 7.38. The first-order valence-electron chi connectivity index (χ1n) is 7.01. The predicted octanol–water partition coefficient (Wildman–Crippen LogP) is 3.95. The standard InChI is InChI=1S/C16H18ClN3/c17-14-7-8-18-12-15(14)19-11-13-5-1-2-6-16(13)20-9-3-4-10-20/h1-2,5-8,12,19H,3-4,9-11H2. The third-order valence-electron chi connectivity index (χ3n) is 3.68. The number of anilines is 2. The molecule has 1 saturated heterocycles. The van der Waals surface area contributed by atoms with E-state index in [1.54, 1.807) is 18.5 Å². The topological polar surface area (TPSA) is 28.2 Å². The van der Waals surface area contributed by atoms with Gasteiger partial charge in [-0.25, -0.2) is 0 Å². The fourth-order valence-electron chi connectivity index (χ4n) is 2.62. The smallest absolute Gasteiger partial charge is 0.0718 e. The van der Waals surface area contributed by atoms with Gasteiger partial charge in [0.25, 0.3) is 0 Å². The van der Waals surface area contributed by atoms with Crippen molar-refractivity contribution in [3.8, 4) is 0 Å². The van der Waals surface area contributed by atoms with Crippen molar-refractivity contribution < 1.29 is 0 Å². The summed E-state index contributed by atoms with van der Waals surface area (Å²) in [4.78, 5) is 6.56. The van der Waals surface area contributed by atoms with E-state index in [0.29, 0.717) is 5.02 Å². The number of pyridine rings is 1. The van der Waals surface area contributed by atoms with Crippen molar-refractivity contribution in [1.82, 2.24) is 4.98 Å². The fourth-order valence-corrected chi connectivity index (χ4v) is 2.80. The molecule has 0 amide bonds. The van der Waals surface area contributed by atoms with Crippen molar-refractivity contribution >= 4 is 23.0 Å². The first-order chi connectivity index (χ1) is 9.84. The van der Waals surface area contributed by atoms with E-state index >= 15 is 0 Å². The second kappa shape index (κ2) is 6.14. The van der Waals surface area contributed by atoms with Gasteiger partial charge < -0.3 is 10.2 Å². The summed E-state index contributed by atoms with van der Waals surface area (Å²) in [5.41, 5.74) is 3.51. The number of halogens is 1. The van der Waals surface area contributed by atoms with Crippen LogP contribution >= 0.6 is 11.6 Å². The van der Waals surface area contributed by atoms with E-state index in [-0.39, 0.29) is 0 Å². The number of hydrogen-bond donors (Lipinski definition) is 1. The van der Waals surface area contributed by atoms with Crippen LogP contribution in [0.4, 0.5) is 11.4 Å². The Balaban J connectivity index is 1.76. The number of nitrogens with zero attached hydrogens (tertiary/aromatic N) is 2. The van der Waals surface area contributed by atoms with Gasteiger partial charge in [0.15, 0.2) is 0 Å². The molecule has 3 nitrogen and oxygen atoms in total. The Bertz CT molecular complexity index is 579. The summed E-state index contributed by atoms with van der Waals surface area (Å²) in [5, 5.41) is 4.08. The van der Waals surface area contributed by atoms with Gasteiger partial charge in [0.05, 0.1) is 16.9 Å². The molecule has 2 aromatic rings. The molecule has 20 heavy (non-hydrogen) atoms. The van der Waals surface area contributed by atoms with Crippen LogP contribution in [0.1, 0.15) is 18.4 Å². The average Bonchev–Trinajstić information content (AvgIpc) is 3.01. The molecule has 2 heterocycles. The minimum atomic E-state index is 0.707. The minimum Gasteiger partial charge on any atom is -0.378 e. The summed E-state index contributed by atoms with van der Waals surface area (Å²) in [6.45, 7) is 3.08. The van der Waals surface area contributed by atoms with Crippen molar-refractivity contribution in [2.24, 2.45) is 0 Å². The summed E-state index contributed by atoms with van der Waals surface area (Å²) in [7, 11) is 0. The molecule has 1 aromatic heterocycles. The van der Waals surface area contributed by atoms with E-state index in [0.717, 1.165) is 25.3 Å². The summed E-state index contributed by atoms with van der Waals surface area (Å²) < 4.78 is 0. The average molecular weight is 288 g/mol. The quantitative estimate of drug-likeness (QED) is 0.923. The van der Waals surface area contributed by atoms with Crippen LogP contribution in [-0.4, -0.2) is 18.1 Å². The fraction of sp³-hybridized carbons (Fsp3) is 0.312. The van der Waals surface area contributed by atoms with E-state index in [1.807, 2.05) is 0 Å². The van der Waals surface area contributed by atoms with Gasteiger partial charge in [0.2, 0.25) is 0 Å². The lowest BCUT2D eigenvalue weighted by atomic mass is 10.1. The molecular weight excluding hydrogens is 270 g/mol. The van der Waals surface area contributed by atoms with Crippen molar-refractivity contribution in [2.75, 3.05) is 23.3 Å². The maximum Gasteiger partial charge on any atom is 0.0718 e. The highest BCUT2D eigenvalue weighted by Crippen LogP contribution is 2.26. The van der Waals surface area contributed by atoms with Gasteiger partial charge in [0.1, 0.15) is 0 Å². The Labute approximate surface area is 124 Å². The maximum absolute atomic E-state index is 6.14. The van der Waals surface area contributed by atoms with E-state index in [9.17, 15) is 0 Å².